The van der Waals surface area contributed by atoms with E-state index in [-0.39, 0.29) is 12.5 Å². The first-order chi connectivity index (χ1) is 10.5. The van der Waals surface area contributed by atoms with Gasteiger partial charge in [-0.1, -0.05) is 57.3 Å². The second-order valence-corrected chi connectivity index (χ2v) is 6.63. The third-order valence-electron chi connectivity index (χ3n) is 3.01. The van der Waals surface area contributed by atoms with Gasteiger partial charge in [0.1, 0.15) is 0 Å². The predicted molar refractivity (Wildman–Crippen MR) is 95.6 cm³/mol. The van der Waals surface area contributed by atoms with Crippen LogP contribution in [0.3, 0.4) is 0 Å². The number of amides is 1. The van der Waals surface area contributed by atoms with Gasteiger partial charge in [-0.25, -0.2) is 0 Å². The Hall–Kier alpha value is -1.07. The van der Waals surface area contributed by atoms with E-state index in [2.05, 4.69) is 21.2 Å². The minimum absolute atomic E-state index is 0.140. The van der Waals surface area contributed by atoms with E-state index in [1.165, 1.54) is 0 Å². The van der Waals surface area contributed by atoms with Crippen molar-refractivity contribution in [1.82, 2.24) is 4.90 Å². The van der Waals surface area contributed by atoms with Gasteiger partial charge in [0.2, 0.25) is 5.91 Å². The SMILES string of the molecule is CN(CC(=O)Nc1cc(Cl)ccc1Cl)Cc1ccccc1Br. The number of hydrogen-bond acceptors (Lipinski definition) is 2. The van der Waals surface area contributed by atoms with Crippen LogP contribution in [0.2, 0.25) is 10.0 Å². The van der Waals surface area contributed by atoms with Crippen molar-refractivity contribution in [2.24, 2.45) is 0 Å². The van der Waals surface area contributed by atoms with Gasteiger partial charge in [0.15, 0.2) is 0 Å². The minimum Gasteiger partial charge on any atom is -0.324 e. The summed E-state index contributed by atoms with van der Waals surface area (Å²) in [7, 11) is 1.89. The van der Waals surface area contributed by atoms with Gasteiger partial charge in [0, 0.05) is 16.0 Å². The van der Waals surface area contributed by atoms with Gasteiger partial charge in [-0.05, 0) is 36.9 Å². The number of rotatable bonds is 5. The number of anilines is 1. The third kappa shape index (κ3) is 4.99. The Morgan fingerprint density at radius 1 is 1.23 bits per heavy atom. The summed E-state index contributed by atoms with van der Waals surface area (Å²) >= 11 is 15.4. The zero-order valence-corrected chi connectivity index (χ0v) is 15.0. The van der Waals surface area contributed by atoms with Gasteiger partial charge in [0.25, 0.3) is 0 Å². The molecule has 0 aliphatic carbocycles. The van der Waals surface area contributed by atoms with Crippen LogP contribution in [0.1, 0.15) is 5.56 Å². The quantitative estimate of drug-likeness (QED) is 0.778. The highest BCUT2D eigenvalue weighted by molar-refractivity contribution is 9.10. The fraction of sp³-hybridized carbons (Fsp3) is 0.188. The average Bonchev–Trinajstić information content (AvgIpc) is 2.45. The van der Waals surface area contributed by atoms with Crippen LogP contribution in [0, 0.1) is 0 Å². The highest BCUT2D eigenvalue weighted by Crippen LogP contribution is 2.25. The number of nitrogens with one attached hydrogen (secondary N) is 1. The molecule has 0 aliphatic rings. The number of halogens is 3. The first-order valence-electron chi connectivity index (χ1n) is 6.62. The summed E-state index contributed by atoms with van der Waals surface area (Å²) in [5, 5.41) is 3.77. The van der Waals surface area contributed by atoms with Gasteiger partial charge in [0.05, 0.1) is 17.3 Å². The summed E-state index contributed by atoms with van der Waals surface area (Å²) < 4.78 is 1.03. The van der Waals surface area contributed by atoms with E-state index >= 15 is 0 Å². The summed E-state index contributed by atoms with van der Waals surface area (Å²) in [4.78, 5) is 14.0. The number of benzene rings is 2. The van der Waals surface area contributed by atoms with E-state index in [0.29, 0.717) is 22.3 Å². The first kappa shape index (κ1) is 17.3. The van der Waals surface area contributed by atoms with Crippen molar-refractivity contribution >= 4 is 50.7 Å². The van der Waals surface area contributed by atoms with E-state index in [9.17, 15) is 4.79 Å². The predicted octanol–water partition coefficient (Wildman–Crippen LogP) is 4.83. The summed E-state index contributed by atoms with van der Waals surface area (Å²) in [6.07, 6.45) is 0. The molecule has 0 heterocycles. The van der Waals surface area contributed by atoms with Crippen molar-refractivity contribution in [3.8, 4) is 0 Å². The van der Waals surface area contributed by atoms with E-state index in [1.54, 1.807) is 18.2 Å². The average molecular weight is 402 g/mol. The summed E-state index contributed by atoms with van der Waals surface area (Å²) in [5.41, 5.74) is 1.65. The van der Waals surface area contributed by atoms with Crippen molar-refractivity contribution in [1.29, 1.82) is 0 Å². The molecule has 0 aliphatic heterocycles. The Kier molecular flexibility index (Phi) is 6.26. The number of hydrogen-bond donors (Lipinski definition) is 1. The summed E-state index contributed by atoms with van der Waals surface area (Å²) in [5.74, 6) is -0.140. The third-order valence-corrected chi connectivity index (χ3v) is 4.35. The molecule has 0 saturated heterocycles. The monoisotopic (exact) mass is 400 g/mol. The molecule has 0 unspecified atom stereocenters. The largest absolute Gasteiger partial charge is 0.324 e. The molecule has 2 aromatic carbocycles. The first-order valence-corrected chi connectivity index (χ1v) is 8.17. The van der Waals surface area contributed by atoms with Crippen LogP contribution < -0.4 is 5.32 Å². The molecule has 2 aromatic rings. The van der Waals surface area contributed by atoms with E-state index < -0.39 is 0 Å². The Bertz CT molecular complexity index is 679. The molecule has 6 heteroatoms. The number of likely N-dealkylation sites (N-methyl/N-ethyl adjacent to an activating group) is 1. The number of nitrogens with zero attached hydrogens (tertiary/aromatic N) is 1. The second-order valence-electron chi connectivity index (χ2n) is 4.94. The Balaban J connectivity index is 1.94. The Morgan fingerprint density at radius 2 is 1.95 bits per heavy atom. The van der Waals surface area contributed by atoms with E-state index in [0.717, 1.165) is 10.0 Å². The van der Waals surface area contributed by atoms with Crippen molar-refractivity contribution in [2.45, 2.75) is 6.54 Å². The van der Waals surface area contributed by atoms with Crippen molar-refractivity contribution in [3.63, 3.8) is 0 Å². The van der Waals surface area contributed by atoms with Crippen molar-refractivity contribution in [2.75, 3.05) is 18.9 Å². The van der Waals surface area contributed by atoms with Gasteiger partial charge in [-0.15, -0.1) is 0 Å². The van der Waals surface area contributed by atoms with Gasteiger partial charge >= 0.3 is 0 Å². The van der Waals surface area contributed by atoms with Crippen molar-refractivity contribution < 1.29 is 4.79 Å². The van der Waals surface area contributed by atoms with Crippen LogP contribution >= 0.6 is 39.1 Å². The maximum absolute atomic E-state index is 12.1. The molecule has 0 fully saturated rings. The Morgan fingerprint density at radius 3 is 2.68 bits per heavy atom. The Labute approximate surface area is 148 Å². The summed E-state index contributed by atoms with van der Waals surface area (Å²) in [6, 6.07) is 12.9. The topological polar surface area (TPSA) is 32.3 Å². The van der Waals surface area contributed by atoms with E-state index in [4.69, 9.17) is 23.2 Å². The molecule has 116 valence electrons. The molecule has 0 aromatic heterocycles. The van der Waals surface area contributed by atoms with Crippen LogP contribution in [-0.2, 0) is 11.3 Å². The molecule has 0 spiro atoms. The van der Waals surface area contributed by atoms with Gasteiger partial charge in [-0.2, -0.15) is 0 Å². The molecule has 0 radical (unpaired) electrons. The maximum Gasteiger partial charge on any atom is 0.238 e. The lowest BCUT2D eigenvalue weighted by atomic mass is 10.2. The van der Waals surface area contributed by atoms with Crippen molar-refractivity contribution in [3.05, 3.63) is 62.5 Å². The molecule has 1 N–H and O–H groups in total. The molecule has 0 bridgehead atoms. The minimum atomic E-state index is -0.140. The zero-order valence-electron chi connectivity index (χ0n) is 11.9. The molecule has 1 amide bonds. The smallest absolute Gasteiger partial charge is 0.238 e. The number of carbonyl (C=O) groups excluding carboxylic acids is 1. The van der Waals surface area contributed by atoms with Crippen LogP contribution in [0.4, 0.5) is 5.69 Å². The van der Waals surface area contributed by atoms with Gasteiger partial charge in [-0.3, -0.25) is 9.69 Å². The molecule has 2 rings (SSSR count). The lowest BCUT2D eigenvalue weighted by Gasteiger charge is -2.17. The fourth-order valence-corrected chi connectivity index (χ4v) is 2.75. The lowest BCUT2D eigenvalue weighted by molar-refractivity contribution is -0.117. The number of carbonyl (C=O) groups is 1. The van der Waals surface area contributed by atoms with Gasteiger partial charge < -0.3 is 5.32 Å². The highest BCUT2D eigenvalue weighted by Gasteiger charge is 2.11. The van der Waals surface area contributed by atoms with E-state index in [1.807, 2.05) is 36.2 Å². The molecule has 0 atom stereocenters. The second kappa shape index (κ2) is 7.97. The lowest BCUT2D eigenvalue weighted by Crippen LogP contribution is -2.30. The van der Waals surface area contributed by atoms with Crippen LogP contribution in [0.15, 0.2) is 46.9 Å². The van der Waals surface area contributed by atoms with Crippen LogP contribution in [0.25, 0.3) is 0 Å². The molecular weight excluding hydrogens is 387 g/mol. The highest BCUT2D eigenvalue weighted by atomic mass is 79.9. The standard InChI is InChI=1S/C16H15BrCl2N2O/c1-21(9-11-4-2-3-5-13(11)17)10-16(22)20-15-8-12(18)6-7-14(15)19/h2-8H,9-10H2,1H3,(H,20,22). The summed E-state index contributed by atoms with van der Waals surface area (Å²) in [6.45, 7) is 0.919. The molecule has 3 nitrogen and oxygen atoms in total. The molecule has 22 heavy (non-hydrogen) atoms. The zero-order chi connectivity index (χ0) is 16.1. The maximum atomic E-state index is 12.1. The molecular formula is C16H15BrCl2N2O. The normalized spacial score (nSPS) is 10.8. The van der Waals surface area contributed by atoms with Crippen LogP contribution in [0.5, 0.6) is 0 Å². The fourth-order valence-electron chi connectivity index (χ4n) is 2.00. The van der Waals surface area contributed by atoms with Crippen LogP contribution in [-0.4, -0.2) is 24.4 Å². The molecule has 0 saturated carbocycles.